The van der Waals surface area contributed by atoms with Gasteiger partial charge in [0.25, 0.3) is 5.91 Å². The highest BCUT2D eigenvalue weighted by Crippen LogP contribution is 2.25. The van der Waals surface area contributed by atoms with E-state index in [1.807, 2.05) is 12.1 Å². The smallest absolute Gasteiger partial charge is 0.267 e. The minimum atomic E-state index is -0.598. The molecule has 1 heterocycles. The summed E-state index contributed by atoms with van der Waals surface area (Å²) >= 11 is 0. The van der Waals surface area contributed by atoms with Crippen molar-refractivity contribution in [1.82, 2.24) is 10.5 Å². The summed E-state index contributed by atoms with van der Waals surface area (Å²) in [7, 11) is 0. The summed E-state index contributed by atoms with van der Waals surface area (Å²) in [5, 5.41) is 8.43. The molecule has 1 aromatic heterocycles. The van der Waals surface area contributed by atoms with Gasteiger partial charge in [-0.1, -0.05) is 18.2 Å². The van der Waals surface area contributed by atoms with E-state index in [1.165, 1.54) is 11.6 Å². The molecule has 0 aliphatic carbocycles. The van der Waals surface area contributed by atoms with E-state index in [1.54, 1.807) is 42.7 Å². The Labute approximate surface area is 110 Å². The van der Waals surface area contributed by atoms with Gasteiger partial charge in [-0.15, -0.1) is 0 Å². The van der Waals surface area contributed by atoms with Crippen LogP contribution in [0.25, 0.3) is 6.08 Å². The number of hydrogen-bond acceptors (Lipinski definition) is 4. The molecule has 0 unspecified atom stereocenters. The molecule has 0 atom stereocenters. The monoisotopic (exact) mass is 256 g/mol. The molecule has 0 fully saturated rings. The molecule has 0 radical (unpaired) electrons. The second kappa shape index (κ2) is 6.32. The lowest BCUT2D eigenvalue weighted by atomic mass is 10.2. The maximum Gasteiger partial charge on any atom is 0.267 e. The van der Waals surface area contributed by atoms with E-state index in [0.717, 1.165) is 5.56 Å². The molecule has 1 aromatic carbocycles. The van der Waals surface area contributed by atoms with Crippen molar-refractivity contribution >= 4 is 12.0 Å². The normalized spacial score (nSPS) is 10.4. The fraction of sp³-hybridized carbons (Fsp3) is 0. The molecular formula is C14H12N2O3. The Bertz CT molecular complexity index is 582. The summed E-state index contributed by atoms with van der Waals surface area (Å²) in [6.07, 6.45) is 6.04. The molecule has 5 nitrogen and oxygen atoms in total. The number of carbonyl (C=O) groups excluding carboxylic acids is 1. The maximum atomic E-state index is 11.0. The van der Waals surface area contributed by atoms with Gasteiger partial charge in [0.15, 0.2) is 0 Å². The molecule has 0 aliphatic rings. The summed E-state index contributed by atoms with van der Waals surface area (Å²) in [6.45, 7) is 0. The molecule has 0 spiro atoms. The fourth-order valence-corrected chi connectivity index (χ4v) is 1.45. The van der Waals surface area contributed by atoms with E-state index in [2.05, 4.69) is 4.98 Å². The van der Waals surface area contributed by atoms with Crippen LogP contribution in [-0.2, 0) is 4.79 Å². The zero-order chi connectivity index (χ0) is 13.5. The van der Waals surface area contributed by atoms with E-state index in [4.69, 9.17) is 9.94 Å². The fourth-order valence-electron chi connectivity index (χ4n) is 1.45. The van der Waals surface area contributed by atoms with Crippen molar-refractivity contribution in [2.24, 2.45) is 0 Å². The van der Waals surface area contributed by atoms with Crippen LogP contribution in [0.15, 0.2) is 54.9 Å². The SMILES string of the molecule is O=C(C=Cc1ccccc1Oc1ccncc1)NO. The highest BCUT2D eigenvalue weighted by molar-refractivity contribution is 5.91. The van der Waals surface area contributed by atoms with Crippen LogP contribution < -0.4 is 10.2 Å². The molecule has 2 N–H and O–H groups in total. The number of benzene rings is 1. The van der Waals surface area contributed by atoms with Crippen LogP contribution in [0.1, 0.15) is 5.56 Å². The minimum Gasteiger partial charge on any atom is -0.457 e. The molecule has 96 valence electrons. The van der Waals surface area contributed by atoms with Gasteiger partial charge in [-0.05, 0) is 24.3 Å². The van der Waals surface area contributed by atoms with Gasteiger partial charge < -0.3 is 4.74 Å². The van der Waals surface area contributed by atoms with E-state index in [9.17, 15) is 4.79 Å². The first-order valence-corrected chi connectivity index (χ1v) is 5.58. The summed E-state index contributed by atoms with van der Waals surface area (Å²) in [5.41, 5.74) is 2.25. The van der Waals surface area contributed by atoms with Gasteiger partial charge in [0, 0.05) is 24.0 Å². The Morgan fingerprint density at radius 1 is 1.21 bits per heavy atom. The maximum absolute atomic E-state index is 11.0. The van der Waals surface area contributed by atoms with Crippen molar-refractivity contribution in [2.45, 2.75) is 0 Å². The second-order valence-corrected chi connectivity index (χ2v) is 3.63. The van der Waals surface area contributed by atoms with Crippen LogP contribution in [0.5, 0.6) is 11.5 Å². The quantitative estimate of drug-likeness (QED) is 0.500. The lowest BCUT2D eigenvalue weighted by molar-refractivity contribution is -0.124. The van der Waals surface area contributed by atoms with Gasteiger partial charge in [0.1, 0.15) is 11.5 Å². The molecule has 1 amide bonds. The predicted molar refractivity (Wildman–Crippen MR) is 69.7 cm³/mol. The number of hydrogen-bond donors (Lipinski definition) is 2. The van der Waals surface area contributed by atoms with Gasteiger partial charge in [-0.25, -0.2) is 5.48 Å². The van der Waals surface area contributed by atoms with Gasteiger partial charge in [-0.3, -0.25) is 15.0 Å². The van der Waals surface area contributed by atoms with Crippen molar-refractivity contribution < 1.29 is 14.7 Å². The largest absolute Gasteiger partial charge is 0.457 e. The lowest BCUT2D eigenvalue weighted by Gasteiger charge is -2.08. The number of amides is 1. The highest BCUT2D eigenvalue weighted by atomic mass is 16.5. The number of hydroxylamine groups is 1. The van der Waals surface area contributed by atoms with Crippen LogP contribution in [0.3, 0.4) is 0 Å². The van der Waals surface area contributed by atoms with Crippen LogP contribution in [0.4, 0.5) is 0 Å². The summed E-state index contributed by atoms with van der Waals surface area (Å²) in [5.74, 6) is 0.664. The van der Waals surface area contributed by atoms with Gasteiger partial charge in [0.05, 0.1) is 0 Å². The van der Waals surface area contributed by atoms with Crippen molar-refractivity contribution in [3.63, 3.8) is 0 Å². The number of nitrogens with zero attached hydrogens (tertiary/aromatic N) is 1. The Hall–Kier alpha value is -2.66. The first-order chi connectivity index (χ1) is 9.29. The van der Waals surface area contributed by atoms with Crippen LogP contribution in [0.2, 0.25) is 0 Å². The summed E-state index contributed by atoms with van der Waals surface area (Å²) in [4.78, 5) is 14.9. The first kappa shape index (κ1) is 12.8. The number of pyridine rings is 1. The predicted octanol–water partition coefficient (Wildman–Crippen LogP) is 2.39. The minimum absolute atomic E-state index is 0.598. The van der Waals surface area contributed by atoms with Crippen LogP contribution in [0, 0.1) is 0 Å². The van der Waals surface area contributed by atoms with E-state index in [0.29, 0.717) is 11.5 Å². The van der Waals surface area contributed by atoms with Crippen LogP contribution in [-0.4, -0.2) is 16.1 Å². The highest BCUT2D eigenvalue weighted by Gasteiger charge is 2.02. The third-order valence-electron chi connectivity index (χ3n) is 2.32. The third kappa shape index (κ3) is 3.65. The average Bonchev–Trinajstić information content (AvgIpc) is 2.47. The number of nitrogens with one attached hydrogen (secondary N) is 1. The molecule has 0 saturated heterocycles. The Morgan fingerprint density at radius 2 is 1.95 bits per heavy atom. The number of rotatable bonds is 4. The van der Waals surface area contributed by atoms with Gasteiger partial charge in [0.2, 0.25) is 0 Å². The molecule has 2 rings (SSSR count). The van der Waals surface area contributed by atoms with E-state index in [-0.39, 0.29) is 0 Å². The first-order valence-electron chi connectivity index (χ1n) is 5.58. The molecule has 5 heteroatoms. The van der Waals surface area contributed by atoms with E-state index >= 15 is 0 Å². The van der Waals surface area contributed by atoms with Crippen LogP contribution >= 0.6 is 0 Å². The second-order valence-electron chi connectivity index (χ2n) is 3.63. The Morgan fingerprint density at radius 3 is 2.68 bits per heavy atom. The molecule has 0 saturated carbocycles. The Kier molecular flexibility index (Phi) is 4.25. The van der Waals surface area contributed by atoms with Gasteiger partial charge >= 0.3 is 0 Å². The molecule has 2 aromatic rings. The summed E-state index contributed by atoms with van der Waals surface area (Å²) < 4.78 is 5.69. The standard InChI is InChI=1S/C14H12N2O3/c17-14(16-18)6-5-11-3-1-2-4-13(11)19-12-7-9-15-10-8-12/h1-10,18H,(H,16,17). The number of ether oxygens (including phenoxy) is 1. The molecule has 0 aliphatic heterocycles. The summed E-state index contributed by atoms with van der Waals surface area (Å²) in [6, 6.07) is 10.7. The van der Waals surface area contributed by atoms with Crippen molar-refractivity contribution in [1.29, 1.82) is 0 Å². The third-order valence-corrected chi connectivity index (χ3v) is 2.32. The zero-order valence-electron chi connectivity index (χ0n) is 9.98. The van der Waals surface area contributed by atoms with E-state index < -0.39 is 5.91 Å². The van der Waals surface area contributed by atoms with Gasteiger partial charge in [-0.2, -0.15) is 0 Å². The van der Waals surface area contributed by atoms with Crippen molar-refractivity contribution in [3.05, 3.63) is 60.4 Å². The topological polar surface area (TPSA) is 71.5 Å². The number of carbonyl (C=O) groups is 1. The molecular weight excluding hydrogens is 244 g/mol. The zero-order valence-corrected chi connectivity index (χ0v) is 9.98. The molecule has 0 bridgehead atoms. The average molecular weight is 256 g/mol. The van der Waals surface area contributed by atoms with Crippen molar-refractivity contribution in [3.8, 4) is 11.5 Å². The lowest BCUT2D eigenvalue weighted by Crippen LogP contribution is -2.14. The molecule has 19 heavy (non-hydrogen) atoms. The van der Waals surface area contributed by atoms with Crippen molar-refractivity contribution in [2.75, 3.05) is 0 Å². The number of para-hydroxylation sites is 1. The Balaban J connectivity index is 2.21. The number of aromatic nitrogens is 1.